The van der Waals surface area contributed by atoms with Gasteiger partial charge in [-0.2, -0.15) is 0 Å². The number of nitrogens with one attached hydrogen (secondary N) is 2. The number of rotatable bonds is 6. The number of hydrogen-bond donors (Lipinski definition) is 2. The summed E-state index contributed by atoms with van der Waals surface area (Å²) >= 11 is 0. The van der Waals surface area contributed by atoms with Crippen LogP contribution in [0.3, 0.4) is 0 Å². The van der Waals surface area contributed by atoms with E-state index in [1.165, 1.54) is 5.56 Å². The molecule has 0 amide bonds. The zero-order chi connectivity index (χ0) is 18.3. The number of aryl methyl sites for hydroxylation is 1. The van der Waals surface area contributed by atoms with Gasteiger partial charge in [-0.05, 0) is 25.3 Å². The van der Waals surface area contributed by atoms with Crippen LogP contribution in [-0.4, -0.2) is 39.9 Å². The Morgan fingerprint density at radius 1 is 1.25 bits per heavy atom. The van der Waals surface area contributed by atoms with E-state index in [1.807, 2.05) is 6.07 Å². The van der Waals surface area contributed by atoms with Crippen LogP contribution in [0.25, 0.3) is 0 Å². The summed E-state index contributed by atoms with van der Waals surface area (Å²) in [6.07, 6.45) is 0.0971. The van der Waals surface area contributed by atoms with Crippen molar-refractivity contribution in [3.8, 4) is 5.75 Å². The summed E-state index contributed by atoms with van der Waals surface area (Å²) in [4.78, 5) is 4.32. The average Bonchev–Trinajstić information content (AvgIpc) is 2.52. The lowest BCUT2D eigenvalue weighted by Gasteiger charge is -2.30. The van der Waals surface area contributed by atoms with Crippen molar-refractivity contribution >= 4 is 5.96 Å². The summed E-state index contributed by atoms with van der Waals surface area (Å²) < 4.78 is 11.1. The van der Waals surface area contributed by atoms with Crippen molar-refractivity contribution in [2.75, 3.05) is 27.8 Å². The molecule has 2 N–H and O–H groups in total. The lowest BCUT2D eigenvalue weighted by atomic mass is 9.89. The first-order valence-electron chi connectivity index (χ1n) is 8.37. The molecule has 0 fully saturated rings. The molecule has 1 rings (SSSR count). The van der Waals surface area contributed by atoms with E-state index in [0.717, 1.165) is 17.3 Å². The maximum atomic E-state index is 5.59. The molecule has 0 bridgehead atoms. The predicted molar refractivity (Wildman–Crippen MR) is 101 cm³/mol. The van der Waals surface area contributed by atoms with Crippen molar-refractivity contribution in [1.82, 2.24) is 10.6 Å². The molecule has 2 unspecified atom stereocenters. The van der Waals surface area contributed by atoms with E-state index in [1.54, 1.807) is 21.3 Å². The maximum absolute atomic E-state index is 5.59. The van der Waals surface area contributed by atoms with E-state index in [2.05, 4.69) is 62.4 Å². The van der Waals surface area contributed by atoms with Gasteiger partial charge in [-0.1, -0.05) is 38.5 Å². The Morgan fingerprint density at radius 3 is 2.42 bits per heavy atom. The highest BCUT2D eigenvalue weighted by Gasteiger charge is 2.24. The fourth-order valence-corrected chi connectivity index (χ4v) is 2.60. The molecule has 0 aliphatic rings. The number of nitrogens with zero attached hydrogens (tertiary/aromatic N) is 1. The van der Waals surface area contributed by atoms with E-state index < -0.39 is 0 Å². The first kappa shape index (κ1) is 20.3. The highest BCUT2D eigenvalue weighted by molar-refractivity contribution is 5.80. The predicted octanol–water partition coefficient (Wildman–Crippen LogP) is 3.29. The van der Waals surface area contributed by atoms with Crippen LogP contribution in [0.15, 0.2) is 23.2 Å². The van der Waals surface area contributed by atoms with Crippen LogP contribution in [0, 0.1) is 12.3 Å². The van der Waals surface area contributed by atoms with Gasteiger partial charge in [-0.25, -0.2) is 0 Å². The number of ether oxygens (including phenoxy) is 2. The molecule has 0 spiro atoms. The monoisotopic (exact) mass is 335 g/mol. The minimum atomic E-state index is 0.0615. The van der Waals surface area contributed by atoms with Gasteiger partial charge < -0.3 is 20.1 Å². The lowest BCUT2D eigenvalue weighted by Crippen LogP contribution is -2.45. The van der Waals surface area contributed by atoms with Gasteiger partial charge in [0.25, 0.3) is 0 Å². The summed E-state index contributed by atoms with van der Waals surface area (Å²) in [5.74, 6) is 1.62. The molecule has 1 aromatic carbocycles. The quantitative estimate of drug-likeness (QED) is 0.619. The Balaban J connectivity index is 2.77. The Labute approximate surface area is 146 Å². The largest absolute Gasteiger partial charge is 0.496 e. The smallest absolute Gasteiger partial charge is 0.191 e. The van der Waals surface area contributed by atoms with Crippen molar-refractivity contribution in [1.29, 1.82) is 0 Å². The second kappa shape index (κ2) is 8.92. The normalized spacial score (nSPS) is 14.9. The van der Waals surface area contributed by atoms with E-state index in [4.69, 9.17) is 9.47 Å². The maximum Gasteiger partial charge on any atom is 0.191 e. The fraction of sp³-hybridized carbons (Fsp3) is 0.632. The molecule has 2 atom stereocenters. The minimum absolute atomic E-state index is 0.0615. The molecule has 0 radical (unpaired) electrons. The topological polar surface area (TPSA) is 54.9 Å². The van der Waals surface area contributed by atoms with Crippen LogP contribution >= 0.6 is 0 Å². The van der Waals surface area contributed by atoms with Crippen molar-refractivity contribution in [2.24, 2.45) is 10.4 Å². The lowest BCUT2D eigenvalue weighted by molar-refractivity contribution is 0.0205. The second-order valence-corrected chi connectivity index (χ2v) is 7.15. The highest BCUT2D eigenvalue weighted by atomic mass is 16.5. The van der Waals surface area contributed by atoms with Crippen LogP contribution in [-0.2, 0) is 4.74 Å². The van der Waals surface area contributed by atoms with Gasteiger partial charge in [0, 0.05) is 26.3 Å². The van der Waals surface area contributed by atoms with Gasteiger partial charge in [0.2, 0.25) is 0 Å². The molecule has 0 aliphatic heterocycles. The number of guanidine groups is 1. The van der Waals surface area contributed by atoms with Crippen molar-refractivity contribution in [3.63, 3.8) is 0 Å². The summed E-state index contributed by atoms with van der Waals surface area (Å²) in [6, 6.07) is 6.26. The minimum Gasteiger partial charge on any atom is -0.496 e. The van der Waals surface area contributed by atoms with Gasteiger partial charge in [-0.3, -0.25) is 4.99 Å². The summed E-state index contributed by atoms with van der Waals surface area (Å²) in [6.45, 7) is 11.4. The molecule has 136 valence electrons. The van der Waals surface area contributed by atoms with Gasteiger partial charge in [0.05, 0.1) is 19.3 Å². The van der Waals surface area contributed by atoms with Crippen LogP contribution in [0.4, 0.5) is 0 Å². The molecule has 1 aromatic rings. The number of methoxy groups -OCH3 is 2. The Morgan fingerprint density at radius 2 is 1.92 bits per heavy atom. The van der Waals surface area contributed by atoms with Gasteiger partial charge in [-0.15, -0.1) is 0 Å². The Bertz CT molecular complexity index is 550. The average molecular weight is 335 g/mol. The van der Waals surface area contributed by atoms with Crippen molar-refractivity contribution in [3.05, 3.63) is 29.3 Å². The second-order valence-electron chi connectivity index (χ2n) is 7.15. The van der Waals surface area contributed by atoms with Gasteiger partial charge >= 0.3 is 0 Å². The molecule has 24 heavy (non-hydrogen) atoms. The molecule has 0 heterocycles. The first-order valence-corrected chi connectivity index (χ1v) is 8.37. The highest BCUT2D eigenvalue weighted by Crippen LogP contribution is 2.26. The number of hydrogen-bond acceptors (Lipinski definition) is 3. The molecule has 5 nitrogen and oxygen atoms in total. The summed E-state index contributed by atoms with van der Waals surface area (Å²) in [7, 11) is 5.21. The van der Waals surface area contributed by atoms with E-state index in [9.17, 15) is 0 Å². The first-order chi connectivity index (χ1) is 11.2. The van der Waals surface area contributed by atoms with Gasteiger partial charge in [0.1, 0.15) is 5.75 Å². The van der Waals surface area contributed by atoms with Crippen LogP contribution in [0.2, 0.25) is 0 Å². The third-order valence-corrected chi connectivity index (χ3v) is 4.13. The number of aliphatic imine (C=N–C) groups is 1. The van der Waals surface area contributed by atoms with Gasteiger partial charge in [0.15, 0.2) is 5.96 Å². The van der Waals surface area contributed by atoms with E-state index in [-0.39, 0.29) is 17.6 Å². The van der Waals surface area contributed by atoms with Crippen LogP contribution in [0.1, 0.15) is 44.9 Å². The third kappa shape index (κ3) is 5.71. The molecule has 0 aromatic heterocycles. The van der Waals surface area contributed by atoms with E-state index >= 15 is 0 Å². The Hall–Kier alpha value is -1.75. The molecule has 5 heteroatoms. The van der Waals surface area contributed by atoms with Crippen molar-refractivity contribution in [2.45, 2.75) is 46.8 Å². The molecular weight excluding hydrogens is 302 g/mol. The molecule has 0 aliphatic carbocycles. The fourth-order valence-electron chi connectivity index (χ4n) is 2.60. The Kier molecular flexibility index (Phi) is 7.55. The van der Waals surface area contributed by atoms with Crippen LogP contribution in [0.5, 0.6) is 5.75 Å². The molecule has 0 saturated carbocycles. The van der Waals surface area contributed by atoms with Crippen LogP contribution < -0.4 is 15.4 Å². The zero-order valence-electron chi connectivity index (χ0n) is 16.4. The molecule has 0 saturated heterocycles. The SMILES string of the molecule is CN=C(NCC(OC)C(C)(C)C)NC(C)c1cc(C)ccc1OC. The van der Waals surface area contributed by atoms with E-state index in [0.29, 0.717) is 6.54 Å². The number of benzene rings is 1. The molecular formula is C19H33N3O2. The zero-order valence-corrected chi connectivity index (χ0v) is 16.4. The third-order valence-electron chi connectivity index (χ3n) is 4.13. The van der Waals surface area contributed by atoms with Crippen molar-refractivity contribution < 1.29 is 9.47 Å². The standard InChI is InChI=1S/C19H33N3O2/c1-13-9-10-16(23-7)15(11-13)14(2)22-18(20-6)21-12-17(24-8)19(3,4)5/h9-11,14,17H,12H2,1-8H3,(H2,20,21,22). The summed E-state index contributed by atoms with van der Waals surface area (Å²) in [5.41, 5.74) is 2.38. The summed E-state index contributed by atoms with van der Waals surface area (Å²) in [5, 5.41) is 6.77.